The highest BCUT2D eigenvalue weighted by Gasteiger charge is 2.34. The zero-order chi connectivity index (χ0) is 21.1. The van der Waals surface area contributed by atoms with E-state index in [1.54, 1.807) is 47.4 Å². The molecule has 1 amide bonds. The SMILES string of the molecule is O=C1/C(=C/c2ccc(OCc3ccccc3F)c(Cl)c2)SC(=S)N1C[C@H]1CCCO1. The van der Waals surface area contributed by atoms with Gasteiger partial charge in [-0.3, -0.25) is 9.69 Å². The molecule has 2 aromatic rings. The Morgan fingerprint density at radius 1 is 1.33 bits per heavy atom. The van der Waals surface area contributed by atoms with E-state index in [-0.39, 0.29) is 24.4 Å². The smallest absolute Gasteiger partial charge is 0.266 e. The van der Waals surface area contributed by atoms with Gasteiger partial charge in [-0.05, 0) is 42.7 Å². The van der Waals surface area contributed by atoms with Crippen molar-refractivity contribution in [3.63, 3.8) is 0 Å². The summed E-state index contributed by atoms with van der Waals surface area (Å²) in [6, 6.07) is 11.7. The second-order valence-electron chi connectivity index (χ2n) is 7.00. The Labute approximate surface area is 189 Å². The average Bonchev–Trinajstić information content (AvgIpc) is 3.33. The van der Waals surface area contributed by atoms with Gasteiger partial charge in [0.05, 0.1) is 22.6 Å². The fraction of sp³-hybridized carbons (Fsp3) is 0.273. The maximum absolute atomic E-state index is 13.7. The van der Waals surface area contributed by atoms with Crippen LogP contribution in [0.5, 0.6) is 5.75 Å². The molecule has 2 aromatic carbocycles. The first kappa shape index (κ1) is 21.3. The Hall–Kier alpha value is -1.93. The molecule has 0 bridgehead atoms. The van der Waals surface area contributed by atoms with E-state index < -0.39 is 0 Å². The van der Waals surface area contributed by atoms with Crippen molar-refractivity contribution in [3.05, 3.63) is 69.3 Å². The third kappa shape index (κ3) is 4.86. The number of carbonyl (C=O) groups is 1. The van der Waals surface area contributed by atoms with E-state index in [1.807, 2.05) is 0 Å². The quantitative estimate of drug-likeness (QED) is 0.421. The first-order chi connectivity index (χ1) is 14.5. The van der Waals surface area contributed by atoms with E-state index in [2.05, 4.69) is 0 Å². The highest BCUT2D eigenvalue weighted by molar-refractivity contribution is 8.26. The molecule has 0 spiro atoms. The highest BCUT2D eigenvalue weighted by Crippen LogP contribution is 2.35. The van der Waals surface area contributed by atoms with Crippen molar-refractivity contribution in [2.24, 2.45) is 0 Å². The third-order valence-corrected chi connectivity index (χ3v) is 6.55. The van der Waals surface area contributed by atoms with Crippen LogP contribution in [-0.2, 0) is 16.1 Å². The number of benzene rings is 2. The number of thiocarbonyl (C=S) groups is 1. The van der Waals surface area contributed by atoms with Crippen LogP contribution in [0.25, 0.3) is 6.08 Å². The molecule has 0 unspecified atom stereocenters. The van der Waals surface area contributed by atoms with Gasteiger partial charge in [0.15, 0.2) is 0 Å². The summed E-state index contributed by atoms with van der Waals surface area (Å²) in [5.41, 5.74) is 1.21. The van der Waals surface area contributed by atoms with Crippen molar-refractivity contribution < 1.29 is 18.7 Å². The van der Waals surface area contributed by atoms with E-state index in [9.17, 15) is 9.18 Å². The third-order valence-electron chi connectivity index (χ3n) is 4.88. The fourth-order valence-corrected chi connectivity index (χ4v) is 4.81. The molecular weight excluding hydrogens is 445 g/mol. The number of nitrogens with zero attached hydrogens (tertiary/aromatic N) is 1. The number of halogens is 2. The van der Waals surface area contributed by atoms with Gasteiger partial charge in [0.2, 0.25) is 0 Å². The van der Waals surface area contributed by atoms with Crippen molar-refractivity contribution in [3.8, 4) is 5.75 Å². The standard InChI is InChI=1S/C22H19ClFNO3S2/c23-17-10-14(7-8-19(17)28-13-15-4-1-2-6-18(15)24)11-20-21(26)25(22(29)30-20)12-16-5-3-9-27-16/h1-2,4,6-8,10-11,16H,3,5,9,12-13H2/b20-11-/t16-/m1/s1. The first-order valence-electron chi connectivity index (χ1n) is 9.54. The molecule has 0 saturated carbocycles. The Balaban J connectivity index is 1.43. The largest absolute Gasteiger partial charge is 0.487 e. The molecule has 2 fully saturated rings. The topological polar surface area (TPSA) is 38.8 Å². The van der Waals surface area contributed by atoms with Gasteiger partial charge >= 0.3 is 0 Å². The lowest BCUT2D eigenvalue weighted by Gasteiger charge is -2.18. The lowest BCUT2D eigenvalue weighted by Crippen LogP contribution is -2.35. The maximum atomic E-state index is 13.7. The summed E-state index contributed by atoms with van der Waals surface area (Å²) in [5.74, 6) is 0.00905. The van der Waals surface area contributed by atoms with Crippen LogP contribution in [0.15, 0.2) is 47.4 Å². The number of ether oxygens (including phenoxy) is 2. The predicted octanol–water partition coefficient (Wildman–Crippen LogP) is 5.44. The van der Waals surface area contributed by atoms with Crippen LogP contribution in [0.4, 0.5) is 4.39 Å². The molecule has 2 aliphatic rings. The zero-order valence-electron chi connectivity index (χ0n) is 16.0. The van der Waals surface area contributed by atoms with E-state index >= 15 is 0 Å². The lowest BCUT2D eigenvalue weighted by atomic mass is 10.2. The van der Waals surface area contributed by atoms with Gasteiger partial charge in [-0.25, -0.2) is 4.39 Å². The summed E-state index contributed by atoms with van der Waals surface area (Å²) in [6.07, 6.45) is 3.77. The van der Waals surface area contributed by atoms with Gasteiger partial charge in [-0.2, -0.15) is 0 Å². The summed E-state index contributed by atoms with van der Waals surface area (Å²) in [4.78, 5) is 14.9. The van der Waals surface area contributed by atoms with E-state index in [0.717, 1.165) is 25.0 Å². The second kappa shape index (κ2) is 9.47. The Morgan fingerprint density at radius 2 is 2.17 bits per heavy atom. The predicted molar refractivity (Wildman–Crippen MR) is 121 cm³/mol. The Bertz CT molecular complexity index is 1010. The van der Waals surface area contributed by atoms with Crippen LogP contribution in [0.1, 0.15) is 24.0 Å². The molecule has 30 heavy (non-hydrogen) atoms. The molecule has 0 N–H and O–H groups in total. The molecule has 156 valence electrons. The summed E-state index contributed by atoms with van der Waals surface area (Å²) in [5, 5.41) is 0.384. The molecule has 0 aromatic heterocycles. The number of amides is 1. The van der Waals surface area contributed by atoms with Crippen LogP contribution in [-0.4, -0.2) is 34.4 Å². The van der Waals surface area contributed by atoms with Crippen molar-refractivity contribution in [2.75, 3.05) is 13.2 Å². The highest BCUT2D eigenvalue weighted by atomic mass is 35.5. The molecule has 2 aliphatic heterocycles. The van der Waals surface area contributed by atoms with Gasteiger partial charge in [0.25, 0.3) is 5.91 Å². The summed E-state index contributed by atoms with van der Waals surface area (Å²) in [7, 11) is 0. The van der Waals surface area contributed by atoms with Gasteiger partial charge in [-0.1, -0.05) is 59.8 Å². The Kier molecular flexibility index (Phi) is 6.73. The molecular formula is C22H19ClFNO3S2. The van der Waals surface area contributed by atoms with Crippen LogP contribution < -0.4 is 4.74 Å². The van der Waals surface area contributed by atoms with Crippen molar-refractivity contribution >= 4 is 51.9 Å². The molecule has 4 nitrogen and oxygen atoms in total. The van der Waals surface area contributed by atoms with Crippen molar-refractivity contribution in [1.29, 1.82) is 0 Å². The number of hydrogen-bond acceptors (Lipinski definition) is 5. The maximum Gasteiger partial charge on any atom is 0.266 e. The molecule has 0 aliphatic carbocycles. The molecule has 4 rings (SSSR count). The molecule has 2 heterocycles. The van der Waals surface area contributed by atoms with Crippen molar-refractivity contribution in [2.45, 2.75) is 25.6 Å². The summed E-state index contributed by atoms with van der Waals surface area (Å²) < 4.78 is 25.5. The number of rotatable bonds is 6. The number of carbonyl (C=O) groups excluding carboxylic acids is 1. The zero-order valence-corrected chi connectivity index (χ0v) is 18.4. The normalized spacial score (nSPS) is 20.4. The van der Waals surface area contributed by atoms with Crippen LogP contribution >= 0.6 is 35.6 Å². The Morgan fingerprint density at radius 3 is 2.90 bits per heavy atom. The lowest BCUT2D eigenvalue weighted by molar-refractivity contribution is -0.123. The minimum Gasteiger partial charge on any atom is -0.487 e. The molecule has 1 atom stereocenters. The van der Waals surface area contributed by atoms with Crippen LogP contribution in [0.2, 0.25) is 5.02 Å². The first-order valence-corrected chi connectivity index (χ1v) is 11.1. The van der Waals surface area contributed by atoms with Crippen LogP contribution in [0, 0.1) is 5.82 Å². The second-order valence-corrected chi connectivity index (χ2v) is 9.08. The van der Waals surface area contributed by atoms with Gasteiger partial charge < -0.3 is 9.47 Å². The van der Waals surface area contributed by atoms with E-state index in [1.165, 1.54) is 17.8 Å². The summed E-state index contributed by atoms with van der Waals surface area (Å²) >= 11 is 13.0. The van der Waals surface area contributed by atoms with E-state index in [0.29, 0.717) is 32.1 Å². The molecule has 2 saturated heterocycles. The van der Waals surface area contributed by atoms with Gasteiger partial charge in [0, 0.05) is 12.2 Å². The minimum atomic E-state index is -0.324. The minimum absolute atomic E-state index is 0.0483. The van der Waals surface area contributed by atoms with Crippen LogP contribution in [0.3, 0.4) is 0 Å². The van der Waals surface area contributed by atoms with Gasteiger partial charge in [0.1, 0.15) is 22.5 Å². The van der Waals surface area contributed by atoms with E-state index in [4.69, 9.17) is 33.3 Å². The number of hydrogen-bond donors (Lipinski definition) is 0. The molecule has 0 radical (unpaired) electrons. The monoisotopic (exact) mass is 463 g/mol. The number of thioether (sulfide) groups is 1. The summed E-state index contributed by atoms with van der Waals surface area (Å²) in [6.45, 7) is 1.30. The van der Waals surface area contributed by atoms with Crippen molar-refractivity contribution in [1.82, 2.24) is 4.90 Å². The van der Waals surface area contributed by atoms with Gasteiger partial charge in [-0.15, -0.1) is 0 Å². The molecule has 8 heteroatoms. The fourth-order valence-electron chi connectivity index (χ4n) is 3.30. The average molecular weight is 464 g/mol.